The fraction of sp³-hybridized carbons (Fsp3) is 0.300. The number of nitro benzene ring substituents is 1. The van der Waals surface area contributed by atoms with Gasteiger partial charge in [0.2, 0.25) is 5.88 Å². The van der Waals surface area contributed by atoms with Crippen LogP contribution in [0.3, 0.4) is 0 Å². The highest BCUT2D eigenvalue weighted by atomic mass is 16.6. The Morgan fingerprint density at radius 3 is 2.56 bits per heavy atom. The highest BCUT2D eigenvalue weighted by Gasteiger charge is 2.18. The number of ether oxygens (including phenoxy) is 4. The van der Waals surface area contributed by atoms with E-state index in [1.165, 1.54) is 33.5 Å². The number of aryl methyl sites for hydroxylation is 1. The Kier molecular flexibility index (Phi) is 8.44. The maximum absolute atomic E-state index is 12.1. The van der Waals surface area contributed by atoms with Crippen molar-refractivity contribution in [3.63, 3.8) is 0 Å². The van der Waals surface area contributed by atoms with Gasteiger partial charge in [0.05, 0.1) is 43.6 Å². The van der Waals surface area contributed by atoms with E-state index in [9.17, 15) is 20.2 Å². The van der Waals surface area contributed by atoms with Gasteiger partial charge in [-0.15, -0.1) is 0 Å². The second-order valence-electron chi connectivity index (χ2n) is 6.25. The summed E-state index contributed by atoms with van der Waals surface area (Å²) in [5.74, 6) is -0.227. The van der Waals surface area contributed by atoms with Crippen molar-refractivity contribution in [3.8, 4) is 23.4 Å². The van der Waals surface area contributed by atoms with Crippen LogP contribution in [0.15, 0.2) is 23.3 Å². The zero-order chi connectivity index (χ0) is 23.7. The third-order valence-electron chi connectivity index (χ3n) is 4.07. The Bertz CT molecular complexity index is 1080. The molecule has 2 rings (SSSR count). The van der Waals surface area contributed by atoms with E-state index < -0.39 is 17.4 Å². The number of hydrogen-bond acceptors (Lipinski definition) is 10. The number of nitriles is 1. The van der Waals surface area contributed by atoms with Gasteiger partial charge < -0.3 is 18.9 Å². The van der Waals surface area contributed by atoms with Crippen LogP contribution < -0.4 is 19.6 Å². The van der Waals surface area contributed by atoms with Crippen molar-refractivity contribution in [1.29, 1.82) is 5.26 Å². The minimum absolute atomic E-state index is 0.00536. The lowest BCUT2D eigenvalue weighted by Gasteiger charge is -2.10. The van der Waals surface area contributed by atoms with Crippen LogP contribution in [0.1, 0.15) is 22.4 Å². The molecule has 1 aromatic carbocycles. The molecule has 1 aromatic heterocycles. The van der Waals surface area contributed by atoms with Crippen LogP contribution in [-0.4, -0.2) is 50.0 Å². The number of carbonyl (C=O) groups excluding carboxylic acids is 1. The molecule has 0 aliphatic carbocycles. The van der Waals surface area contributed by atoms with Gasteiger partial charge >= 0.3 is 0 Å². The number of carbonyl (C=O) groups is 1. The van der Waals surface area contributed by atoms with Gasteiger partial charge in [-0.2, -0.15) is 10.4 Å². The Morgan fingerprint density at radius 2 is 1.97 bits per heavy atom. The number of nitrogens with zero attached hydrogens (tertiary/aromatic N) is 4. The smallest absolute Gasteiger partial charge is 0.282 e. The van der Waals surface area contributed by atoms with Crippen molar-refractivity contribution in [3.05, 3.63) is 50.7 Å². The van der Waals surface area contributed by atoms with Crippen LogP contribution in [0.25, 0.3) is 0 Å². The summed E-state index contributed by atoms with van der Waals surface area (Å²) in [5, 5.41) is 24.4. The molecular weight excluding hydrogens is 422 g/mol. The number of nitro groups is 1. The molecule has 0 saturated carbocycles. The third-order valence-corrected chi connectivity index (χ3v) is 4.07. The SMILES string of the molecule is COCc1cc(C)nc(OCC(=O)NN=Cc2cc(OC)c(OC)cc2[N+](=O)[O-])c1C#N. The van der Waals surface area contributed by atoms with Gasteiger partial charge in [0.15, 0.2) is 18.1 Å². The maximum Gasteiger partial charge on any atom is 0.282 e. The van der Waals surface area contributed by atoms with Crippen LogP contribution in [0.2, 0.25) is 0 Å². The first-order chi connectivity index (χ1) is 15.3. The molecule has 0 aliphatic rings. The summed E-state index contributed by atoms with van der Waals surface area (Å²) < 4.78 is 20.6. The number of hydrazone groups is 1. The van der Waals surface area contributed by atoms with E-state index in [4.69, 9.17) is 18.9 Å². The number of methoxy groups -OCH3 is 3. The van der Waals surface area contributed by atoms with Crippen LogP contribution in [0.4, 0.5) is 5.69 Å². The number of pyridine rings is 1. The fourth-order valence-corrected chi connectivity index (χ4v) is 2.69. The van der Waals surface area contributed by atoms with Crippen molar-refractivity contribution in [1.82, 2.24) is 10.4 Å². The molecule has 0 atom stereocenters. The van der Waals surface area contributed by atoms with E-state index in [0.29, 0.717) is 11.3 Å². The molecule has 1 N–H and O–H groups in total. The third kappa shape index (κ3) is 5.89. The zero-order valence-electron chi connectivity index (χ0n) is 17.9. The quantitative estimate of drug-likeness (QED) is 0.328. The first-order valence-corrected chi connectivity index (χ1v) is 9.09. The molecule has 2 aromatic rings. The van der Waals surface area contributed by atoms with Crippen LogP contribution in [0.5, 0.6) is 17.4 Å². The average Bonchev–Trinajstić information content (AvgIpc) is 2.77. The van der Waals surface area contributed by atoms with Crippen LogP contribution in [-0.2, 0) is 16.1 Å². The summed E-state index contributed by atoms with van der Waals surface area (Å²) in [6.07, 6.45) is 1.10. The second kappa shape index (κ2) is 11.2. The lowest BCUT2D eigenvalue weighted by molar-refractivity contribution is -0.385. The van der Waals surface area contributed by atoms with E-state index in [2.05, 4.69) is 15.5 Å². The Balaban J connectivity index is 2.11. The van der Waals surface area contributed by atoms with Crippen molar-refractivity contribution in [2.45, 2.75) is 13.5 Å². The highest BCUT2D eigenvalue weighted by Crippen LogP contribution is 2.33. The van der Waals surface area contributed by atoms with E-state index in [0.717, 1.165) is 6.21 Å². The van der Waals surface area contributed by atoms with Gasteiger partial charge in [0, 0.05) is 18.4 Å². The molecule has 12 nitrogen and oxygen atoms in total. The van der Waals surface area contributed by atoms with Gasteiger partial charge in [-0.1, -0.05) is 0 Å². The molecule has 168 valence electrons. The predicted molar refractivity (Wildman–Crippen MR) is 112 cm³/mol. The second-order valence-corrected chi connectivity index (χ2v) is 6.25. The van der Waals surface area contributed by atoms with E-state index in [1.807, 2.05) is 6.07 Å². The van der Waals surface area contributed by atoms with Crippen molar-refractivity contribution < 1.29 is 28.7 Å². The number of nitrogens with one attached hydrogen (secondary N) is 1. The Hall–Kier alpha value is -4.24. The monoisotopic (exact) mass is 443 g/mol. The minimum atomic E-state index is -0.662. The first kappa shape index (κ1) is 24.0. The topological polar surface area (TPSA) is 158 Å². The number of aromatic nitrogens is 1. The number of amides is 1. The molecular formula is C20H21N5O7. The zero-order valence-corrected chi connectivity index (χ0v) is 17.9. The summed E-state index contributed by atoms with van der Waals surface area (Å²) in [6.45, 7) is 1.42. The number of hydrogen-bond donors (Lipinski definition) is 1. The van der Waals surface area contributed by atoms with E-state index >= 15 is 0 Å². The Morgan fingerprint density at radius 1 is 1.28 bits per heavy atom. The van der Waals surface area contributed by atoms with Gasteiger partial charge in [-0.3, -0.25) is 14.9 Å². The fourth-order valence-electron chi connectivity index (χ4n) is 2.69. The standard InChI is InChI=1S/C20H21N5O7/c1-12-5-14(10-29-2)15(8-21)20(23-12)32-11-19(26)24-22-9-13-6-17(30-3)18(31-4)7-16(13)25(27)28/h5-7,9H,10-11H2,1-4H3,(H,24,26). The molecule has 1 amide bonds. The van der Waals surface area contributed by atoms with E-state index in [1.54, 1.807) is 13.0 Å². The summed E-state index contributed by atoms with van der Waals surface area (Å²) in [7, 11) is 4.23. The number of benzene rings is 1. The average molecular weight is 443 g/mol. The van der Waals surface area contributed by atoms with Crippen LogP contribution in [0, 0.1) is 28.4 Å². The number of rotatable bonds is 10. The lowest BCUT2D eigenvalue weighted by atomic mass is 10.1. The van der Waals surface area contributed by atoms with Gasteiger partial charge in [0.1, 0.15) is 11.6 Å². The highest BCUT2D eigenvalue weighted by molar-refractivity contribution is 5.88. The van der Waals surface area contributed by atoms with Crippen molar-refractivity contribution >= 4 is 17.8 Å². The van der Waals surface area contributed by atoms with Gasteiger partial charge in [0.25, 0.3) is 11.6 Å². The largest absolute Gasteiger partial charge is 0.493 e. The normalized spacial score (nSPS) is 10.5. The summed E-state index contributed by atoms with van der Waals surface area (Å²) in [5.41, 5.74) is 3.33. The molecule has 0 saturated heterocycles. The predicted octanol–water partition coefficient (Wildman–Crippen LogP) is 1.86. The molecule has 0 spiro atoms. The lowest BCUT2D eigenvalue weighted by Crippen LogP contribution is -2.25. The van der Waals surface area contributed by atoms with Gasteiger partial charge in [-0.05, 0) is 19.1 Å². The molecule has 0 aliphatic heterocycles. The van der Waals surface area contributed by atoms with Crippen LogP contribution >= 0.6 is 0 Å². The molecule has 0 unspecified atom stereocenters. The Labute approximate surface area is 183 Å². The molecule has 32 heavy (non-hydrogen) atoms. The maximum atomic E-state index is 12.1. The molecule has 0 radical (unpaired) electrons. The molecule has 12 heteroatoms. The van der Waals surface area contributed by atoms with Crippen molar-refractivity contribution in [2.75, 3.05) is 27.9 Å². The molecule has 0 bridgehead atoms. The minimum Gasteiger partial charge on any atom is -0.493 e. The summed E-state index contributed by atoms with van der Waals surface area (Å²) >= 11 is 0. The summed E-state index contributed by atoms with van der Waals surface area (Å²) in [6, 6.07) is 6.22. The van der Waals surface area contributed by atoms with Gasteiger partial charge in [-0.25, -0.2) is 10.4 Å². The first-order valence-electron chi connectivity index (χ1n) is 9.09. The van der Waals surface area contributed by atoms with Crippen molar-refractivity contribution in [2.24, 2.45) is 5.10 Å². The molecule has 0 fully saturated rings. The summed E-state index contributed by atoms with van der Waals surface area (Å²) in [4.78, 5) is 26.9. The van der Waals surface area contributed by atoms with E-state index in [-0.39, 0.29) is 40.8 Å². The molecule has 1 heterocycles.